The lowest BCUT2D eigenvalue weighted by molar-refractivity contribution is 0.590. The van der Waals surface area contributed by atoms with Gasteiger partial charge in [-0.1, -0.05) is 6.07 Å². The molecule has 3 rings (SSSR count). The zero-order chi connectivity index (χ0) is 14.4. The number of para-hydroxylation sites is 1. The first-order valence-corrected chi connectivity index (χ1v) is 7.15. The van der Waals surface area contributed by atoms with Crippen LogP contribution >= 0.6 is 31.9 Å². The van der Waals surface area contributed by atoms with Gasteiger partial charge in [-0.05, 0) is 44.0 Å². The Morgan fingerprint density at radius 3 is 2.40 bits per heavy atom. The highest BCUT2D eigenvalue weighted by Gasteiger charge is 2.18. The SMILES string of the molecule is Nc1nc2c(F)cc(F)cc2n1-c1c(Br)cccc1Br. The first-order chi connectivity index (χ1) is 9.49. The van der Waals surface area contributed by atoms with E-state index in [0.717, 1.165) is 15.0 Å². The van der Waals surface area contributed by atoms with Gasteiger partial charge in [-0.25, -0.2) is 13.8 Å². The summed E-state index contributed by atoms with van der Waals surface area (Å²) in [6.07, 6.45) is 0. The second-order valence-corrected chi connectivity index (χ2v) is 5.84. The lowest BCUT2D eigenvalue weighted by Gasteiger charge is -2.11. The molecule has 0 fully saturated rings. The molecule has 0 spiro atoms. The molecule has 102 valence electrons. The van der Waals surface area contributed by atoms with E-state index in [1.54, 1.807) is 12.1 Å². The minimum absolute atomic E-state index is 0.0338. The summed E-state index contributed by atoms with van der Waals surface area (Å²) in [5.74, 6) is -1.34. The fourth-order valence-corrected chi connectivity index (χ4v) is 3.41. The number of benzene rings is 2. The molecule has 7 heteroatoms. The third-order valence-electron chi connectivity index (χ3n) is 2.87. The predicted molar refractivity (Wildman–Crippen MR) is 80.8 cm³/mol. The summed E-state index contributed by atoms with van der Waals surface area (Å²) in [7, 11) is 0. The topological polar surface area (TPSA) is 43.8 Å². The van der Waals surface area contributed by atoms with E-state index in [4.69, 9.17) is 5.73 Å². The number of hydrogen-bond acceptors (Lipinski definition) is 2. The van der Waals surface area contributed by atoms with E-state index in [-0.39, 0.29) is 17.0 Å². The smallest absolute Gasteiger partial charge is 0.206 e. The number of nitrogen functional groups attached to an aromatic ring is 1. The number of hydrogen-bond donors (Lipinski definition) is 1. The molecule has 20 heavy (non-hydrogen) atoms. The number of imidazole rings is 1. The largest absolute Gasteiger partial charge is 0.369 e. The fraction of sp³-hybridized carbons (Fsp3) is 0. The Balaban J connectivity index is 2.45. The van der Waals surface area contributed by atoms with Crippen molar-refractivity contribution >= 4 is 48.8 Å². The maximum absolute atomic E-state index is 13.8. The zero-order valence-electron chi connectivity index (χ0n) is 9.87. The van der Waals surface area contributed by atoms with Crippen molar-refractivity contribution in [3.05, 3.63) is 50.9 Å². The van der Waals surface area contributed by atoms with Crippen LogP contribution in [0.15, 0.2) is 39.3 Å². The summed E-state index contributed by atoms with van der Waals surface area (Å²) in [5, 5.41) is 0. The van der Waals surface area contributed by atoms with E-state index in [9.17, 15) is 8.78 Å². The molecule has 2 aromatic carbocycles. The molecule has 0 radical (unpaired) electrons. The average molecular weight is 403 g/mol. The predicted octanol–water partition coefficient (Wildman–Crippen LogP) is 4.41. The summed E-state index contributed by atoms with van der Waals surface area (Å²) in [5.41, 5.74) is 6.80. The van der Waals surface area contributed by atoms with Gasteiger partial charge in [0.05, 0.1) is 11.2 Å². The summed E-state index contributed by atoms with van der Waals surface area (Å²) in [4.78, 5) is 3.97. The van der Waals surface area contributed by atoms with Crippen molar-refractivity contribution in [1.29, 1.82) is 0 Å². The Morgan fingerprint density at radius 2 is 1.75 bits per heavy atom. The standard InChI is InChI=1S/C13H7Br2F2N3/c14-7-2-1-3-8(15)12(7)20-10-5-6(16)4-9(17)11(10)19-13(20)18/h1-5H,(H2,18,19). The minimum Gasteiger partial charge on any atom is -0.369 e. The van der Waals surface area contributed by atoms with Gasteiger partial charge < -0.3 is 5.73 Å². The van der Waals surface area contributed by atoms with Gasteiger partial charge in [-0.15, -0.1) is 0 Å². The summed E-state index contributed by atoms with van der Waals surface area (Å²) in [6, 6.07) is 7.43. The molecule has 0 aliphatic carbocycles. The van der Waals surface area contributed by atoms with Crippen LogP contribution in [0.5, 0.6) is 0 Å². The highest BCUT2D eigenvalue weighted by Crippen LogP contribution is 2.34. The Bertz CT molecular complexity index is 810. The van der Waals surface area contributed by atoms with Crippen LogP contribution in [0.1, 0.15) is 0 Å². The monoisotopic (exact) mass is 401 g/mol. The van der Waals surface area contributed by atoms with Crippen molar-refractivity contribution in [3.8, 4) is 5.69 Å². The van der Waals surface area contributed by atoms with Gasteiger partial charge in [0.1, 0.15) is 11.3 Å². The second kappa shape index (κ2) is 4.82. The van der Waals surface area contributed by atoms with E-state index < -0.39 is 11.6 Å². The molecular weight excluding hydrogens is 396 g/mol. The lowest BCUT2D eigenvalue weighted by atomic mass is 10.2. The molecule has 1 heterocycles. The van der Waals surface area contributed by atoms with Crippen molar-refractivity contribution in [3.63, 3.8) is 0 Å². The van der Waals surface area contributed by atoms with Crippen LogP contribution in [0.3, 0.4) is 0 Å². The van der Waals surface area contributed by atoms with Crippen LogP contribution in [0, 0.1) is 11.6 Å². The molecule has 3 aromatic rings. The fourth-order valence-electron chi connectivity index (χ4n) is 2.06. The van der Waals surface area contributed by atoms with Gasteiger partial charge in [-0.2, -0.15) is 0 Å². The quantitative estimate of drug-likeness (QED) is 0.655. The Labute approximate surface area is 129 Å². The van der Waals surface area contributed by atoms with E-state index in [0.29, 0.717) is 5.69 Å². The normalized spacial score (nSPS) is 11.2. The number of anilines is 1. The number of fused-ring (bicyclic) bond motifs is 1. The molecular formula is C13H7Br2F2N3. The van der Waals surface area contributed by atoms with Gasteiger partial charge in [0.25, 0.3) is 0 Å². The van der Waals surface area contributed by atoms with Gasteiger partial charge in [-0.3, -0.25) is 4.57 Å². The van der Waals surface area contributed by atoms with Crippen LogP contribution in [-0.4, -0.2) is 9.55 Å². The number of aromatic nitrogens is 2. The average Bonchev–Trinajstić information content (AvgIpc) is 2.67. The van der Waals surface area contributed by atoms with Crippen LogP contribution in [0.25, 0.3) is 16.7 Å². The molecule has 0 saturated heterocycles. The van der Waals surface area contributed by atoms with Crippen molar-refractivity contribution in [2.45, 2.75) is 0 Å². The van der Waals surface area contributed by atoms with Gasteiger partial charge in [0.15, 0.2) is 5.82 Å². The molecule has 0 saturated carbocycles. The zero-order valence-corrected chi connectivity index (χ0v) is 13.0. The van der Waals surface area contributed by atoms with Crippen LogP contribution in [-0.2, 0) is 0 Å². The van der Waals surface area contributed by atoms with Crippen molar-refractivity contribution in [2.24, 2.45) is 0 Å². The lowest BCUT2D eigenvalue weighted by Crippen LogP contribution is -2.02. The summed E-state index contributed by atoms with van der Waals surface area (Å²) < 4.78 is 30.2. The maximum atomic E-state index is 13.8. The van der Waals surface area contributed by atoms with Gasteiger partial charge in [0, 0.05) is 21.1 Å². The Hall–Kier alpha value is -1.47. The van der Waals surface area contributed by atoms with E-state index in [1.165, 1.54) is 10.6 Å². The Morgan fingerprint density at radius 1 is 1.10 bits per heavy atom. The van der Waals surface area contributed by atoms with Gasteiger partial charge in [0.2, 0.25) is 5.95 Å². The third kappa shape index (κ3) is 2.01. The highest BCUT2D eigenvalue weighted by atomic mass is 79.9. The summed E-state index contributed by atoms with van der Waals surface area (Å²) in [6.45, 7) is 0. The van der Waals surface area contributed by atoms with Crippen molar-refractivity contribution < 1.29 is 8.78 Å². The second-order valence-electron chi connectivity index (χ2n) is 4.13. The first kappa shape index (κ1) is 13.5. The molecule has 0 aliphatic rings. The number of nitrogens with zero attached hydrogens (tertiary/aromatic N) is 2. The van der Waals surface area contributed by atoms with Crippen LogP contribution in [0.4, 0.5) is 14.7 Å². The minimum atomic E-state index is -0.742. The molecule has 3 nitrogen and oxygen atoms in total. The van der Waals surface area contributed by atoms with Crippen molar-refractivity contribution in [2.75, 3.05) is 5.73 Å². The highest BCUT2D eigenvalue weighted by molar-refractivity contribution is 9.11. The first-order valence-electron chi connectivity index (χ1n) is 5.56. The van der Waals surface area contributed by atoms with Crippen molar-refractivity contribution in [1.82, 2.24) is 9.55 Å². The third-order valence-corrected chi connectivity index (χ3v) is 4.15. The molecule has 0 bridgehead atoms. The molecule has 2 N–H and O–H groups in total. The van der Waals surface area contributed by atoms with E-state index in [1.807, 2.05) is 6.07 Å². The van der Waals surface area contributed by atoms with Crippen LogP contribution in [0.2, 0.25) is 0 Å². The molecule has 1 aromatic heterocycles. The molecule has 0 amide bonds. The van der Waals surface area contributed by atoms with E-state index in [2.05, 4.69) is 36.8 Å². The molecule has 0 unspecified atom stereocenters. The maximum Gasteiger partial charge on any atom is 0.206 e. The number of nitrogens with two attached hydrogens (primary N) is 1. The molecule has 0 aliphatic heterocycles. The van der Waals surface area contributed by atoms with E-state index >= 15 is 0 Å². The van der Waals surface area contributed by atoms with Crippen LogP contribution < -0.4 is 5.73 Å². The number of halogens is 4. The molecule has 0 atom stereocenters. The van der Waals surface area contributed by atoms with Gasteiger partial charge >= 0.3 is 0 Å². The number of rotatable bonds is 1. The summed E-state index contributed by atoms with van der Waals surface area (Å²) >= 11 is 6.81. The Kier molecular flexibility index (Phi) is 3.25.